The number of hydrogen-bond donors (Lipinski definition) is 2. The van der Waals surface area contributed by atoms with E-state index in [-0.39, 0.29) is 5.75 Å². The minimum Gasteiger partial charge on any atom is -0.506 e. The molecule has 0 aliphatic rings. The van der Waals surface area contributed by atoms with Crippen molar-refractivity contribution in [3.63, 3.8) is 0 Å². The number of aromatic hydroxyl groups is 1. The number of aryl methyl sites for hydroxylation is 3. The number of phenols is 1. The van der Waals surface area contributed by atoms with Gasteiger partial charge in [-0.15, -0.1) is 0 Å². The van der Waals surface area contributed by atoms with E-state index in [1.807, 2.05) is 20.8 Å². The summed E-state index contributed by atoms with van der Waals surface area (Å²) in [5, 5.41) is 20.9. The molecular weight excluding hydrogens is 288 g/mol. The van der Waals surface area contributed by atoms with Crippen molar-refractivity contribution in [2.24, 2.45) is 0 Å². The molecule has 2 aromatic carbocycles. The summed E-state index contributed by atoms with van der Waals surface area (Å²) in [7, 11) is 0. The molecule has 23 heavy (non-hydrogen) atoms. The first-order chi connectivity index (χ1) is 11.0. The Labute approximate surface area is 135 Å². The van der Waals surface area contributed by atoms with Crippen molar-refractivity contribution in [2.75, 3.05) is 0 Å². The van der Waals surface area contributed by atoms with Crippen LogP contribution in [0.5, 0.6) is 5.75 Å². The first kappa shape index (κ1) is 15.3. The van der Waals surface area contributed by atoms with Gasteiger partial charge in [0.05, 0.1) is 12.0 Å². The number of hydrogen-bond acceptors (Lipinski definition) is 3. The molecule has 0 amide bonds. The van der Waals surface area contributed by atoms with Gasteiger partial charge in [0.2, 0.25) is 0 Å². The first-order valence-electron chi connectivity index (χ1n) is 7.54. The molecule has 1 unspecified atom stereocenters. The molecule has 2 N–H and O–H groups in total. The molecular formula is C19H20N2O2. The maximum Gasteiger partial charge on any atom is 0.139 e. The van der Waals surface area contributed by atoms with Crippen molar-refractivity contribution < 1.29 is 10.2 Å². The Bertz CT molecular complexity index is 816. The van der Waals surface area contributed by atoms with Crippen LogP contribution in [0.3, 0.4) is 0 Å². The second kappa shape index (κ2) is 5.89. The molecule has 0 aliphatic carbocycles. The number of benzene rings is 2. The van der Waals surface area contributed by atoms with E-state index in [0.717, 1.165) is 22.3 Å². The minimum atomic E-state index is -0.738. The van der Waals surface area contributed by atoms with Crippen LogP contribution in [-0.4, -0.2) is 19.8 Å². The number of aliphatic hydroxyl groups is 1. The summed E-state index contributed by atoms with van der Waals surface area (Å²) in [6, 6.07) is 9.29. The Morgan fingerprint density at radius 3 is 2.35 bits per heavy atom. The SMILES string of the molecule is Cc1cc(C)c(C(O)c2ccc(O)c(-n3ccnc3)c2)c(C)c1. The number of rotatable bonds is 3. The van der Waals surface area contributed by atoms with E-state index in [4.69, 9.17) is 0 Å². The zero-order valence-corrected chi connectivity index (χ0v) is 13.5. The lowest BCUT2D eigenvalue weighted by molar-refractivity contribution is 0.218. The van der Waals surface area contributed by atoms with Crippen molar-refractivity contribution in [2.45, 2.75) is 26.9 Å². The van der Waals surface area contributed by atoms with Crippen LogP contribution in [0.2, 0.25) is 0 Å². The number of aliphatic hydroxyl groups excluding tert-OH is 1. The van der Waals surface area contributed by atoms with Gasteiger partial charge in [0.15, 0.2) is 0 Å². The largest absolute Gasteiger partial charge is 0.506 e. The molecule has 0 radical (unpaired) electrons. The third-order valence-corrected chi connectivity index (χ3v) is 4.11. The average Bonchev–Trinajstić information content (AvgIpc) is 3.00. The molecule has 3 rings (SSSR count). The number of nitrogens with zero attached hydrogens (tertiary/aromatic N) is 2. The molecule has 0 fully saturated rings. The van der Waals surface area contributed by atoms with E-state index in [1.165, 1.54) is 5.56 Å². The van der Waals surface area contributed by atoms with E-state index in [9.17, 15) is 10.2 Å². The van der Waals surface area contributed by atoms with Gasteiger partial charge in [0.1, 0.15) is 11.9 Å². The predicted molar refractivity (Wildman–Crippen MR) is 89.9 cm³/mol. The van der Waals surface area contributed by atoms with Gasteiger partial charge in [-0.3, -0.25) is 0 Å². The number of imidazole rings is 1. The molecule has 1 heterocycles. The van der Waals surface area contributed by atoms with E-state index in [0.29, 0.717) is 5.69 Å². The van der Waals surface area contributed by atoms with Crippen LogP contribution in [0.4, 0.5) is 0 Å². The lowest BCUT2D eigenvalue weighted by Crippen LogP contribution is -2.06. The molecule has 1 atom stereocenters. The summed E-state index contributed by atoms with van der Waals surface area (Å²) in [6.45, 7) is 6.07. The van der Waals surface area contributed by atoms with Gasteiger partial charge in [-0.05, 0) is 55.2 Å². The third-order valence-electron chi connectivity index (χ3n) is 4.11. The van der Waals surface area contributed by atoms with E-state index < -0.39 is 6.10 Å². The molecule has 118 valence electrons. The summed E-state index contributed by atoms with van der Waals surface area (Å²) >= 11 is 0. The second-order valence-corrected chi connectivity index (χ2v) is 5.93. The highest BCUT2D eigenvalue weighted by Crippen LogP contribution is 2.32. The summed E-state index contributed by atoms with van der Waals surface area (Å²) in [6.07, 6.45) is 4.29. The van der Waals surface area contributed by atoms with Crippen LogP contribution in [0.25, 0.3) is 5.69 Å². The van der Waals surface area contributed by atoms with Gasteiger partial charge in [0, 0.05) is 12.4 Å². The maximum absolute atomic E-state index is 10.9. The molecule has 1 aromatic heterocycles. The third kappa shape index (κ3) is 2.85. The van der Waals surface area contributed by atoms with Crippen LogP contribution in [0.15, 0.2) is 49.1 Å². The fourth-order valence-corrected chi connectivity index (χ4v) is 3.11. The summed E-state index contributed by atoms with van der Waals surface area (Å²) in [4.78, 5) is 4.00. The monoisotopic (exact) mass is 308 g/mol. The van der Waals surface area contributed by atoms with Gasteiger partial charge in [0.25, 0.3) is 0 Å². The highest BCUT2D eigenvalue weighted by atomic mass is 16.3. The van der Waals surface area contributed by atoms with E-state index in [2.05, 4.69) is 17.1 Å². The quantitative estimate of drug-likeness (QED) is 0.777. The molecule has 0 spiro atoms. The van der Waals surface area contributed by atoms with Gasteiger partial charge in [-0.25, -0.2) is 4.98 Å². The molecule has 4 heteroatoms. The Balaban J connectivity index is 2.07. The molecule has 0 saturated heterocycles. The van der Waals surface area contributed by atoms with Crippen molar-refractivity contribution in [1.82, 2.24) is 9.55 Å². The van der Waals surface area contributed by atoms with Crippen LogP contribution in [0.1, 0.15) is 33.9 Å². The van der Waals surface area contributed by atoms with E-state index in [1.54, 1.807) is 41.5 Å². The smallest absolute Gasteiger partial charge is 0.139 e. The van der Waals surface area contributed by atoms with Gasteiger partial charge in [-0.2, -0.15) is 0 Å². The van der Waals surface area contributed by atoms with Gasteiger partial charge < -0.3 is 14.8 Å². The molecule has 3 aromatic rings. The van der Waals surface area contributed by atoms with Gasteiger partial charge in [-0.1, -0.05) is 23.8 Å². The molecule has 0 saturated carbocycles. The van der Waals surface area contributed by atoms with Crippen LogP contribution < -0.4 is 0 Å². The van der Waals surface area contributed by atoms with E-state index >= 15 is 0 Å². The van der Waals surface area contributed by atoms with Crippen LogP contribution in [0, 0.1) is 20.8 Å². The minimum absolute atomic E-state index is 0.149. The first-order valence-corrected chi connectivity index (χ1v) is 7.54. The second-order valence-electron chi connectivity index (χ2n) is 5.93. The van der Waals surface area contributed by atoms with Crippen molar-refractivity contribution in [1.29, 1.82) is 0 Å². The maximum atomic E-state index is 10.9. The summed E-state index contributed by atoms with van der Waals surface area (Å²) in [5.74, 6) is 0.149. The van der Waals surface area contributed by atoms with Gasteiger partial charge >= 0.3 is 0 Å². The standard InChI is InChI=1S/C19H20N2O2/c1-12-8-13(2)18(14(3)9-12)19(23)15-4-5-17(22)16(10-15)21-7-6-20-11-21/h4-11,19,22-23H,1-3H3. The molecule has 0 bridgehead atoms. The van der Waals surface area contributed by atoms with Crippen LogP contribution >= 0.6 is 0 Å². The number of aromatic nitrogens is 2. The normalized spacial score (nSPS) is 12.3. The van der Waals surface area contributed by atoms with Crippen molar-refractivity contribution in [3.8, 4) is 11.4 Å². The Kier molecular flexibility index (Phi) is 3.92. The summed E-state index contributed by atoms with van der Waals surface area (Å²) < 4.78 is 1.72. The Morgan fingerprint density at radius 1 is 1.04 bits per heavy atom. The Hall–Kier alpha value is -2.59. The van der Waals surface area contributed by atoms with Crippen molar-refractivity contribution >= 4 is 0 Å². The molecule has 0 aliphatic heterocycles. The molecule has 4 nitrogen and oxygen atoms in total. The van der Waals surface area contributed by atoms with Crippen LogP contribution in [-0.2, 0) is 0 Å². The predicted octanol–water partition coefficient (Wildman–Crippen LogP) is 3.58. The highest BCUT2D eigenvalue weighted by molar-refractivity contribution is 5.51. The average molecular weight is 308 g/mol. The lowest BCUT2D eigenvalue weighted by Gasteiger charge is -2.19. The number of phenolic OH excluding ortho intramolecular Hbond substituents is 1. The highest BCUT2D eigenvalue weighted by Gasteiger charge is 2.17. The fourth-order valence-electron chi connectivity index (χ4n) is 3.11. The van der Waals surface area contributed by atoms with Crippen molar-refractivity contribution in [3.05, 3.63) is 76.9 Å². The Morgan fingerprint density at radius 2 is 1.74 bits per heavy atom. The zero-order chi connectivity index (χ0) is 16.6. The lowest BCUT2D eigenvalue weighted by atomic mass is 9.91. The summed E-state index contributed by atoms with van der Waals surface area (Å²) in [5.41, 5.74) is 5.56. The topological polar surface area (TPSA) is 58.3 Å². The zero-order valence-electron chi connectivity index (χ0n) is 13.5. The fraction of sp³-hybridized carbons (Fsp3) is 0.211.